The molecule has 0 saturated carbocycles. The van der Waals surface area contributed by atoms with Gasteiger partial charge in [-0.05, 0) is 18.2 Å². The van der Waals surface area contributed by atoms with E-state index in [9.17, 15) is 5.11 Å². The van der Waals surface area contributed by atoms with Crippen molar-refractivity contribution >= 4 is 5.69 Å². The summed E-state index contributed by atoms with van der Waals surface area (Å²) in [4.78, 5) is 0. The van der Waals surface area contributed by atoms with E-state index in [1.54, 1.807) is 6.07 Å². The first-order valence-corrected chi connectivity index (χ1v) is 4.92. The molecule has 0 spiro atoms. The first kappa shape index (κ1) is 13.1. The van der Waals surface area contributed by atoms with Crippen LogP contribution in [0.4, 0.5) is 5.69 Å². The van der Waals surface area contributed by atoms with Crippen LogP contribution in [0.3, 0.4) is 0 Å². The number of anilines is 1. The molecule has 0 amide bonds. The average molecular weight is 223 g/mol. The zero-order valence-electron chi connectivity index (χ0n) is 10.4. The van der Waals surface area contributed by atoms with E-state index in [1.165, 1.54) is 0 Å². The Labute approximate surface area is 119 Å². The predicted octanol–water partition coefficient (Wildman–Crippen LogP) is 0.121. The van der Waals surface area contributed by atoms with E-state index in [1.807, 2.05) is 48.5 Å². The van der Waals surface area contributed by atoms with Crippen LogP contribution in [0.25, 0.3) is 0 Å². The standard InChI is InChI=1S/C13H13NO.Na.H/c15-13-9-5-4-6-11(13)10-14-12-7-2-1-3-8-12;;/h1-9,14-15H,10H2;;/q;+1;-1. The Kier molecular flexibility index (Phi) is 5.39. The first-order valence-electron chi connectivity index (χ1n) is 4.92. The zero-order valence-corrected chi connectivity index (χ0v) is 11.4. The minimum atomic E-state index is 0. The molecule has 0 aliphatic heterocycles. The molecule has 2 aromatic carbocycles. The van der Waals surface area contributed by atoms with E-state index in [4.69, 9.17) is 0 Å². The average Bonchev–Trinajstić information content (AvgIpc) is 2.29. The van der Waals surface area contributed by atoms with Gasteiger partial charge in [-0.15, -0.1) is 0 Å². The van der Waals surface area contributed by atoms with Gasteiger partial charge in [0.05, 0.1) is 0 Å². The van der Waals surface area contributed by atoms with Gasteiger partial charge in [0.2, 0.25) is 0 Å². The second kappa shape index (κ2) is 6.59. The van der Waals surface area contributed by atoms with Gasteiger partial charge in [-0.2, -0.15) is 0 Å². The quantitative estimate of drug-likeness (QED) is 0.724. The van der Waals surface area contributed by atoms with Crippen LogP contribution in [-0.2, 0) is 6.54 Å². The summed E-state index contributed by atoms with van der Waals surface area (Å²) in [5.74, 6) is 0.334. The molecule has 0 bridgehead atoms. The number of phenolic OH excluding ortho intramolecular Hbond substituents is 1. The molecular weight excluding hydrogens is 209 g/mol. The molecule has 2 rings (SSSR count). The summed E-state index contributed by atoms with van der Waals surface area (Å²) in [6, 6.07) is 17.3. The number of para-hydroxylation sites is 2. The van der Waals surface area contributed by atoms with Crippen LogP contribution >= 0.6 is 0 Å². The fourth-order valence-corrected chi connectivity index (χ4v) is 1.41. The number of hydrogen-bond acceptors (Lipinski definition) is 2. The summed E-state index contributed by atoms with van der Waals surface area (Å²) >= 11 is 0. The molecule has 3 heteroatoms. The third kappa shape index (κ3) is 3.56. The summed E-state index contributed by atoms with van der Waals surface area (Å²) in [5.41, 5.74) is 1.96. The Balaban J connectivity index is 0.00000128. The van der Waals surface area contributed by atoms with Crippen molar-refractivity contribution in [1.82, 2.24) is 0 Å². The van der Waals surface area contributed by atoms with Crippen LogP contribution in [0.1, 0.15) is 6.99 Å². The first-order chi connectivity index (χ1) is 7.36. The van der Waals surface area contributed by atoms with Gasteiger partial charge in [0, 0.05) is 17.8 Å². The van der Waals surface area contributed by atoms with Crippen molar-refractivity contribution in [2.45, 2.75) is 6.54 Å². The van der Waals surface area contributed by atoms with E-state index in [0.29, 0.717) is 12.3 Å². The zero-order chi connectivity index (χ0) is 10.5. The molecule has 0 unspecified atom stereocenters. The van der Waals surface area contributed by atoms with E-state index in [-0.39, 0.29) is 31.0 Å². The van der Waals surface area contributed by atoms with Gasteiger partial charge in [-0.1, -0.05) is 36.4 Å². The SMILES string of the molecule is Oc1ccccc1CNc1ccccc1.[H-].[Na+]. The summed E-state index contributed by atoms with van der Waals surface area (Å²) in [6.07, 6.45) is 0. The van der Waals surface area contributed by atoms with E-state index < -0.39 is 0 Å². The van der Waals surface area contributed by atoms with Gasteiger partial charge < -0.3 is 11.8 Å². The fraction of sp³-hybridized carbons (Fsp3) is 0.0769. The molecule has 2 nitrogen and oxygen atoms in total. The Bertz CT molecular complexity index is 436. The van der Waals surface area contributed by atoms with E-state index in [0.717, 1.165) is 11.3 Å². The van der Waals surface area contributed by atoms with E-state index >= 15 is 0 Å². The van der Waals surface area contributed by atoms with Crippen molar-refractivity contribution in [1.29, 1.82) is 0 Å². The smallest absolute Gasteiger partial charge is 1.00 e. The number of rotatable bonds is 3. The van der Waals surface area contributed by atoms with Gasteiger partial charge >= 0.3 is 29.6 Å². The van der Waals surface area contributed by atoms with Gasteiger partial charge in [0.15, 0.2) is 0 Å². The van der Waals surface area contributed by atoms with Crippen molar-refractivity contribution in [3.05, 3.63) is 60.2 Å². The topological polar surface area (TPSA) is 32.3 Å². The monoisotopic (exact) mass is 223 g/mol. The summed E-state index contributed by atoms with van der Waals surface area (Å²) in [5, 5.41) is 12.8. The van der Waals surface area contributed by atoms with Crippen LogP contribution < -0.4 is 34.9 Å². The number of hydrogen-bond donors (Lipinski definition) is 2. The molecular formula is C13H14NNaO. The van der Waals surface area contributed by atoms with Crippen LogP contribution in [0, 0.1) is 0 Å². The number of benzene rings is 2. The minimum Gasteiger partial charge on any atom is -1.00 e. The van der Waals surface area contributed by atoms with Gasteiger partial charge in [0.1, 0.15) is 5.75 Å². The van der Waals surface area contributed by atoms with Crippen molar-refractivity contribution < 1.29 is 36.1 Å². The Hall–Kier alpha value is -0.960. The van der Waals surface area contributed by atoms with Crippen LogP contribution in [0.5, 0.6) is 5.75 Å². The fourth-order valence-electron chi connectivity index (χ4n) is 1.41. The third-order valence-electron chi connectivity index (χ3n) is 2.25. The molecule has 0 heterocycles. The maximum Gasteiger partial charge on any atom is 1.00 e. The number of aromatic hydroxyl groups is 1. The normalized spacial score (nSPS) is 9.25. The van der Waals surface area contributed by atoms with Crippen molar-refractivity contribution in [2.24, 2.45) is 0 Å². The van der Waals surface area contributed by atoms with Crippen molar-refractivity contribution in [2.75, 3.05) is 5.32 Å². The summed E-state index contributed by atoms with van der Waals surface area (Å²) in [6.45, 7) is 0.636. The largest absolute Gasteiger partial charge is 1.00 e. The maximum atomic E-state index is 9.55. The van der Waals surface area contributed by atoms with Crippen LogP contribution in [-0.4, -0.2) is 5.11 Å². The second-order valence-electron chi connectivity index (χ2n) is 3.35. The third-order valence-corrected chi connectivity index (χ3v) is 2.25. The van der Waals surface area contributed by atoms with Crippen molar-refractivity contribution in [3.63, 3.8) is 0 Å². The van der Waals surface area contributed by atoms with Gasteiger partial charge in [-0.3, -0.25) is 0 Å². The van der Waals surface area contributed by atoms with Gasteiger partial charge in [0.25, 0.3) is 0 Å². The Morgan fingerprint density at radius 3 is 2.25 bits per heavy atom. The molecule has 0 radical (unpaired) electrons. The molecule has 16 heavy (non-hydrogen) atoms. The van der Waals surface area contributed by atoms with Crippen molar-refractivity contribution in [3.8, 4) is 5.75 Å². The van der Waals surface area contributed by atoms with Gasteiger partial charge in [-0.25, -0.2) is 0 Å². The molecule has 0 aliphatic carbocycles. The molecule has 0 aliphatic rings. The molecule has 0 atom stereocenters. The van der Waals surface area contributed by atoms with Crippen LogP contribution in [0.15, 0.2) is 54.6 Å². The second-order valence-corrected chi connectivity index (χ2v) is 3.35. The molecule has 0 saturated heterocycles. The predicted molar refractivity (Wildman–Crippen MR) is 63.0 cm³/mol. The molecule has 2 N–H and O–H groups in total. The molecule has 0 fully saturated rings. The Morgan fingerprint density at radius 2 is 1.56 bits per heavy atom. The summed E-state index contributed by atoms with van der Waals surface area (Å²) < 4.78 is 0. The van der Waals surface area contributed by atoms with E-state index in [2.05, 4.69) is 5.32 Å². The number of phenols is 1. The molecule has 78 valence electrons. The summed E-state index contributed by atoms with van der Waals surface area (Å²) in [7, 11) is 0. The molecule has 2 aromatic rings. The minimum absolute atomic E-state index is 0. The Morgan fingerprint density at radius 1 is 0.938 bits per heavy atom. The van der Waals surface area contributed by atoms with Crippen LogP contribution in [0.2, 0.25) is 0 Å². The molecule has 0 aromatic heterocycles. The number of nitrogens with one attached hydrogen (secondary N) is 1. The maximum absolute atomic E-state index is 9.55.